The Morgan fingerprint density at radius 3 is 1.92 bits per heavy atom. The van der Waals surface area contributed by atoms with E-state index < -0.39 is 0 Å². The van der Waals surface area contributed by atoms with Gasteiger partial charge >= 0.3 is 0 Å². The third-order valence-electron chi connectivity index (χ3n) is 0.997. The van der Waals surface area contributed by atoms with E-state index in [1.807, 2.05) is 13.8 Å². The van der Waals surface area contributed by atoms with Crippen molar-refractivity contribution < 1.29 is 32.7 Å². The standard InChI is InChI=1S/C7H15N2.2CH3.Y/c1-4-7(8-5-2)9-6-3;;;/h4-6H2,1-3H3;2*1H3;/q3*-1;. The van der Waals surface area contributed by atoms with E-state index in [2.05, 4.69) is 17.2 Å². The maximum Gasteiger partial charge on any atom is 0 e. The van der Waals surface area contributed by atoms with Gasteiger partial charge in [0.2, 0.25) is 0 Å². The van der Waals surface area contributed by atoms with Crippen LogP contribution in [0.15, 0.2) is 4.99 Å². The second-order valence-corrected chi connectivity index (χ2v) is 1.72. The zero-order valence-corrected chi connectivity index (χ0v) is 11.9. The van der Waals surface area contributed by atoms with Crippen LogP contribution in [0.4, 0.5) is 0 Å². The van der Waals surface area contributed by atoms with Gasteiger partial charge in [-0.2, -0.15) is 0 Å². The van der Waals surface area contributed by atoms with Crippen molar-refractivity contribution in [2.24, 2.45) is 4.99 Å². The smallest absolute Gasteiger partial charge is 0 e. The van der Waals surface area contributed by atoms with Crippen LogP contribution in [0.5, 0.6) is 0 Å². The Kier molecular flexibility index (Phi) is 33.6. The molecule has 3 heteroatoms. The molecule has 0 aliphatic rings. The van der Waals surface area contributed by atoms with E-state index in [1.54, 1.807) is 0 Å². The maximum atomic E-state index is 4.18. The van der Waals surface area contributed by atoms with Gasteiger partial charge in [-0.3, -0.25) is 0 Å². The topological polar surface area (TPSA) is 26.5 Å². The van der Waals surface area contributed by atoms with Crippen LogP contribution in [0.3, 0.4) is 0 Å². The molecule has 0 aromatic heterocycles. The molecule has 0 aromatic rings. The fourth-order valence-electron chi connectivity index (χ4n) is 0.639. The van der Waals surface area contributed by atoms with Gasteiger partial charge in [0.15, 0.2) is 0 Å². The average Bonchev–Trinajstić information content (AvgIpc) is 1.88. The Bertz CT molecular complexity index is 92.5. The van der Waals surface area contributed by atoms with Crippen LogP contribution >= 0.6 is 0 Å². The van der Waals surface area contributed by atoms with Crippen LogP contribution in [-0.2, 0) is 32.7 Å². The third-order valence-corrected chi connectivity index (χ3v) is 0.997. The minimum absolute atomic E-state index is 0. The summed E-state index contributed by atoms with van der Waals surface area (Å²) in [4.78, 5) is 4.18. The first-order valence-corrected chi connectivity index (χ1v) is 3.55. The molecule has 0 saturated heterocycles. The first-order valence-electron chi connectivity index (χ1n) is 3.55. The summed E-state index contributed by atoms with van der Waals surface area (Å²) < 4.78 is 0. The minimum atomic E-state index is 0. The summed E-state index contributed by atoms with van der Waals surface area (Å²) in [5, 5.41) is 4.18. The summed E-state index contributed by atoms with van der Waals surface area (Å²) in [6.45, 7) is 7.84. The normalized spacial score (nSPS) is 8.75. The summed E-state index contributed by atoms with van der Waals surface area (Å²) in [6.07, 6.45) is 0.960. The molecule has 0 rings (SSSR count). The predicted octanol–water partition coefficient (Wildman–Crippen LogP) is 3.11. The molecule has 0 bridgehead atoms. The number of rotatable bonds is 3. The van der Waals surface area contributed by atoms with Crippen molar-refractivity contribution in [3.63, 3.8) is 0 Å². The van der Waals surface area contributed by atoms with Crippen LogP contribution in [-0.4, -0.2) is 18.9 Å². The molecule has 0 fully saturated rings. The molecule has 1 radical (unpaired) electrons. The van der Waals surface area contributed by atoms with Gasteiger partial charge in [-0.05, 0) is 6.42 Å². The van der Waals surface area contributed by atoms with Gasteiger partial charge in [0.05, 0.1) is 0 Å². The molecule has 0 unspecified atom stereocenters. The Hall–Kier alpha value is 0.574. The molecule has 0 atom stereocenters. The molecule has 0 aliphatic carbocycles. The van der Waals surface area contributed by atoms with E-state index in [-0.39, 0.29) is 47.6 Å². The molecule has 0 heterocycles. The van der Waals surface area contributed by atoms with E-state index in [9.17, 15) is 0 Å². The van der Waals surface area contributed by atoms with Crippen molar-refractivity contribution in [2.75, 3.05) is 13.1 Å². The molecule has 73 valence electrons. The largest absolute Gasteiger partial charge is 0.470 e. The first-order chi connectivity index (χ1) is 4.35. The number of nitrogens with zero attached hydrogens (tertiary/aromatic N) is 2. The van der Waals surface area contributed by atoms with Crippen LogP contribution < -0.4 is 0 Å². The van der Waals surface area contributed by atoms with Gasteiger partial charge in [-0.1, -0.05) is 39.7 Å². The Labute approximate surface area is 103 Å². The zero-order valence-electron chi connectivity index (χ0n) is 9.09. The molecule has 2 nitrogen and oxygen atoms in total. The first kappa shape index (κ1) is 22.9. The average molecular weight is 246 g/mol. The molecule has 12 heavy (non-hydrogen) atoms. The van der Waals surface area contributed by atoms with Crippen molar-refractivity contribution in [3.8, 4) is 0 Å². The molecule has 0 aromatic carbocycles. The number of hydrogen-bond donors (Lipinski definition) is 0. The van der Waals surface area contributed by atoms with Crippen LogP contribution in [0, 0.1) is 14.9 Å². The van der Waals surface area contributed by atoms with Gasteiger partial charge in [0, 0.05) is 32.7 Å². The predicted molar refractivity (Wildman–Crippen MR) is 55.0 cm³/mol. The van der Waals surface area contributed by atoms with E-state index in [1.165, 1.54) is 0 Å². The van der Waals surface area contributed by atoms with E-state index in [4.69, 9.17) is 0 Å². The monoisotopic (exact) mass is 246 g/mol. The SMILES string of the molecule is CCN=C(CC)[N-]CC.[CH3-].[CH3-].[Y]. The molecule has 0 amide bonds. The van der Waals surface area contributed by atoms with Gasteiger partial charge < -0.3 is 25.2 Å². The van der Waals surface area contributed by atoms with Crippen molar-refractivity contribution in [3.05, 3.63) is 20.2 Å². The quantitative estimate of drug-likeness (QED) is 0.415. The fraction of sp³-hybridized carbons (Fsp3) is 0.667. The van der Waals surface area contributed by atoms with Crippen molar-refractivity contribution in [1.29, 1.82) is 0 Å². The Morgan fingerprint density at radius 1 is 1.17 bits per heavy atom. The van der Waals surface area contributed by atoms with Crippen LogP contribution in [0.1, 0.15) is 27.2 Å². The van der Waals surface area contributed by atoms with Gasteiger partial charge in [0.1, 0.15) is 0 Å². The summed E-state index contributed by atoms with van der Waals surface area (Å²) in [7, 11) is 0. The molecular weight excluding hydrogens is 225 g/mol. The summed E-state index contributed by atoms with van der Waals surface area (Å²) in [6, 6.07) is 0. The number of amidine groups is 1. The van der Waals surface area contributed by atoms with Crippen LogP contribution in [0.2, 0.25) is 0 Å². The minimum Gasteiger partial charge on any atom is -0.470 e. The van der Waals surface area contributed by atoms with Crippen molar-refractivity contribution in [2.45, 2.75) is 27.2 Å². The van der Waals surface area contributed by atoms with E-state index in [0.717, 1.165) is 25.3 Å². The molecule has 0 N–H and O–H groups in total. The second-order valence-electron chi connectivity index (χ2n) is 1.72. The molecule has 0 spiro atoms. The Balaban J connectivity index is -0.000000107. The van der Waals surface area contributed by atoms with Gasteiger partial charge in [-0.15, -0.1) is 0 Å². The molecule has 0 saturated carbocycles. The Morgan fingerprint density at radius 2 is 1.67 bits per heavy atom. The van der Waals surface area contributed by atoms with Crippen molar-refractivity contribution in [1.82, 2.24) is 0 Å². The van der Waals surface area contributed by atoms with Gasteiger partial charge in [-0.25, -0.2) is 0 Å². The van der Waals surface area contributed by atoms with E-state index >= 15 is 0 Å². The summed E-state index contributed by atoms with van der Waals surface area (Å²) in [5.74, 6) is 1.00. The zero-order chi connectivity index (χ0) is 7.11. The second kappa shape index (κ2) is 17.6. The fourth-order valence-corrected chi connectivity index (χ4v) is 0.639. The summed E-state index contributed by atoms with van der Waals surface area (Å²) >= 11 is 0. The molecule has 0 aliphatic heterocycles. The number of aliphatic imine (C=N–C) groups is 1. The third kappa shape index (κ3) is 13.2. The van der Waals surface area contributed by atoms with E-state index in [0.29, 0.717) is 0 Å². The number of hydrogen-bond acceptors (Lipinski definition) is 1. The maximum absolute atomic E-state index is 4.18. The summed E-state index contributed by atoms with van der Waals surface area (Å²) in [5.41, 5.74) is 0. The van der Waals surface area contributed by atoms with Crippen LogP contribution in [0.25, 0.3) is 5.32 Å². The van der Waals surface area contributed by atoms with Gasteiger partial charge in [0.25, 0.3) is 0 Å². The van der Waals surface area contributed by atoms with Crippen molar-refractivity contribution >= 4 is 5.84 Å². The molecular formula is C9H21N2Y-3.